The van der Waals surface area contributed by atoms with Crippen LogP contribution in [-0.4, -0.2) is 113 Å². The van der Waals surface area contributed by atoms with Gasteiger partial charge in [-0.25, -0.2) is 0 Å². The molecule has 0 saturated carbocycles. The summed E-state index contributed by atoms with van der Waals surface area (Å²) in [5.74, 6) is -1.24. The molecule has 5 N–H and O–H groups in total. The topological polar surface area (TPSA) is 191 Å². The van der Waals surface area contributed by atoms with Gasteiger partial charge in [0.05, 0.1) is 39.6 Å². The highest BCUT2D eigenvalue weighted by Gasteiger charge is 2.11. The van der Waals surface area contributed by atoms with Crippen molar-refractivity contribution in [3.63, 3.8) is 0 Å². The summed E-state index contributed by atoms with van der Waals surface area (Å²) in [5.41, 5.74) is 0. The number of carboxylic acids is 1. The Morgan fingerprint density at radius 2 is 0.944 bits per heavy atom. The minimum atomic E-state index is -0.696. The van der Waals surface area contributed by atoms with E-state index in [1.165, 1.54) is 51.4 Å². The van der Waals surface area contributed by atoms with Crippen LogP contribution in [0.1, 0.15) is 135 Å². The first-order valence-electron chi connectivity index (χ1n) is 20.5. The standard InChI is InChI=1S/C40H74N4O10/c1-3-5-24-41-38(47)33-53-31-30-52-28-26-43-39(48)34-54-32-29-51-27-25-42-36(45)23-22-35(4-2)44-37(46)20-18-16-14-12-10-8-6-7-9-11-13-15-17-19-21-40(49)50/h4,35H,2-3,5-34H2,1H3,(H,41,47)(H,42,45)(H,43,48)(H,44,46)(H,49,50)/t35-/m1/s1. The van der Waals surface area contributed by atoms with Crippen molar-refractivity contribution >= 4 is 29.6 Å². The number of amides is 4. The minimum absolute atomic E-state index is 0.00581. The van der Waals surface area contributed by atoms with Crippen LogP contribution in [0.3, 0.4) is 0 Å². The maximum absolute atomic E-state index is 12.4. The van der Waals surface area contributed by atoms with Crippen LogP contribution in [0.5, 0.6) is 0 Å². The van der Waals surface area contributed by atoms with Gasteiger partial charge in [-0.3, -0.25) is 24.0 Å². The summed E-state index contributed by atoms with van der Waals surface area (Å²) in [6.45, 7) is 8.89. The van der Waals surface area contributed by atoms with E-state index in [-0.39, 0.29) is 62.5 Å². The molecule has 0 rings (SSSR count). The molecular weight excluding hydrogens is 696 g/mol. The number of carbonyl (C=O) groups excluding carboxylic acids is 4. The number of hydrogen-bond donors (Lipinski definition) is 5. The molecule has 0 fully saturated rings. The minimum Gasteiger partial charge on any atom is -0.481 e. The van der Waals surface area contributed by atoms with Crippen LogP contribution in [0.25, 0.3) is 0 Å². The largest absolute Gasteiger partial charge is 0.481 e. The van der Waals surface area contributed by atoms with Gasteiger partial charge in [0, 0.05) is 44.9 Å². The molecule has 0 saturated heterocycles. The van der Waals surface area contributed by atoms with Crippen LogP contribution in [0.15, 0.2) is 12.7 Å². The molecule has 54 heavy (non-hydrogen) atoms. The summed E-state index contributed by atoms with van der Waals surface area (Å²) in [7, 11) is 0. The van der Waals surface area contributed by atoms with E-state index < -0.39 is 5.97 Å². The highest BCUT2D eigenvalue weighted by atomic mass is 16.5. The van der Waals surface area contributed by atoms with E-state index >= 15 is 0 Å². The Hall–Kier alpha value is -3.07. The lowest BCUT2D eigenvalue weighted by Crippen LogP contribution is -2.35. The van der Waals surface area contributed by atoms with E-state index in [0.717, 1.165) is 51.4 Å². The molecule has 14 nitrogen and oxygen atoms in total. The van der Waals surface area contributed by atoms with E-state index in [9.17, 15) is 24.0 Å². The molecule has 314 valence electrons. The number of nitrogens with one attached hydrogen (secondary N) is 4. The maximum Gasteiger partial charge on any atom is 0.303 e. The highest BCUT2D eigenvalue weighted by Crippen LogP contribution is 2.14. The first-order valence-corrected chi connectivity index (χ1v) is 20.5. The number of ether oxygens (including phenoxy) is 4. The van der Waals surface area contributed by atoms with Crippen molar-refractivity contribution in [2.24, 2.45) is 0 Å². The summed E-state index contributed by atoms with van der Waals surface area (Å²) in [4.78, 5) is 58.4. The molecule has 0 aromatic rings. The third-order valence-electron chi connectivity index (χ3n) is 8.56. The summed E-state index contributed by atoms with van der Waals surface area (Å²) in [6.07, 6.45) is 21.1. The zero-order valence-electron chi connectivity index (χ0n) is 33.4. The van der Waals surface area contributed by atoms with E-state index in [2.05, 4.69) is 34.8 Å². The van der Waals surface area contributed by atoms with E-state index in [4.69, 9.17) is 24.1 Å². The molecule has 0 unspecified atom stereocenters. The Labute approximate surface area is 325 Å². The summed E-state index contributed by atoms with van der Waals surface area (Å²) < 4.78 is 21.4. The molecule has 0 heterocycles. The predicted octanol–water partition coefficient (Wildman–Crippen LogP) is 4.98. The second kappa shape index (κ2) is 39.6. The first kappa shape index (κ1) is 50.9. The number of aliphatic carboxylic acids is 1. The average Bonchev–Trinajstić information content (AvgIpc) is 3.15. The van der Waals surface area contributed by atoms with Crippen molar-refractivity contribution in [3.05, 3.63) is 12.7 Å². The Balaban J connectivity index is 3.56. The third kappa shape index (κ3) is 38.6. The van der Waals surface area contributed by atoms with Gasteiger partial charge in [0.15, 0.2) is 0 Å². The molecule has 0 aliphatic rings. The lowest BCUT2D eigenvalue weighted by Gasteiger charge is -2.15. The number of unbranched alkanes of at least 4 members (excludes halogenated alkanes) is 14. The molecular formula is C40H74N4O10. The second-order valence-corrected chi connectivity index (χ2v) is 13.5. The van der Waals surface area contributed by atoms with E-state index in [1.54, 1.807) is 6.08 Å². The van der Waals surface area contributed by atoms with Crippen molar-refractivity contribution < 1.29 is 48.0 Å². The van der Waals surface area contributed by atoms with Gasteiger partial charge >= 0.3 is 5.97 Å². The van der Waals surface area contributed by atoms with Gasteiger partial charge in [-0.1, -0.05) is 96.5 Å². The average molecular weight is 771 g/mol. The number of rotatable bonds is 41. The second-order valence-electron chi connectivity index (χ2n) is 13.5. The molecule has 0 bridgehead atoms. The lowest BCUT2D eigenvalue weighted by molar-refractivity contribution is -0.137. The van der Waals surface area contributed by atoms with Crippen molar-refractivity contribution in [2.75, 3.05) is 72.5 Å². The van der Waals surface area contributed by atoms with Gasteiger partial charge in [-0.2, -0.15) is 0 Å². The van der Waals surface area contributed by atoms with Crippen LogP contribution < -0.4 is 21.3 Å². The van der Waals surface area contributed by atoms with Gasteiger partial charge in [0.1, 0.15) is 13.2 Å². The fourth-order valence-corrected chi connectivity index (χ4v) is 5.39. The molecule has 0 aromatic carbocycles. The van der Waals surface area contributed by atoms with Crippen molar-refractivity contribution in [1.82, 2.24) is 21.3 Å². The molecule has 0 aromatic heterocycles. The Morgan fingerprint density at radius 1 is 0.519 bits per heavy atom. The zero-order chi connectivity index (χ0) is 39.7. The van der Waals surface area contributed by atoms with E-state index in [0.29, 0.717) is 65.3 Å². The number of carboxylic acid groups (broad SMARTS) is 1. The predicted molar refractivity (Wildman–Crippen MR) is 210 cm³/mol. The van der Waals surface area contributed by atoms with Crippen LogP contribution in [0, 0.1) is 0 Å². The number of carbonyl (C=O) groups is 5. The van der Waals surface area contributed by atoms with Gasteiger partial charge in [0.2, 0.25) is 23.6 Å². The van der Waals surface area contributed by atoms with Crippen molar-refractivity contribution in [3.8, 4) is 0 Å². The van der Waals surface area contributed by atoms with Crippen molar-refractivity contribution in [1.29, 1.82) is 0 Å². The monoisotopic (exact) mass is 771 g/mol. The third-order valence-corrected chi connectivity index (χ3v) is 8.56. The summed E-state index contributed by atoms with van der Waals surface area (Å²) >= 11 is 0. The molecule has 4 amide bonds. The SMILES string of the molecule is C=C[C@H](CCC(=O)NCCOCCOCC(=O)NCCOCCOCC(=O)NCCCC)NC(=O)CCCCCCCCCCCCCCCCC(=O)O. The van der Waals surface area contributed by atoms with Gasteiger partial charge < -0.3 is 45.3 Å². The van der Waals surface area contributed by atoms with Crippen molar-refractivity contribution in [2.45, 2.75) is 141 Å². The molecule has 14 heteroatoms. The molecule has 0 aliphatic carbocycles. The van der Waals surface area contributed by atoms with Crippen LogP contribution in [-0.2, 0) is 42.9 Å². The van der Waals surface area contributed by atoms with Gasteiger partial charge in [-0.05, 0) is 25.7 Å². The first-order chi connectivity index (χ1) is 26.3. The Morgan fingerprint density at radius 3 is 1.41 bits per heavy atom. The lowest BCUT2D eigenvalue weighted by atomic mass is 10.0. The maximum atomic E-state index is 12.4. The fraction of sp³-hybridized carbons (Fsp3) is 0.825. The van der Waals surface area contributed by atoms with Crippen LogP contribution >= 0.6 is 0 Å². The number of hydrogen-bond acceptors (Lipinski definition) is 9. The zero-order valence-corrected chi connectivity index (χ0v) is 33.4. The summed E-state index contributed by atoms with van der Waals surface area (Å²) in [5, 5.41) is 19.9. The van der Waals surface area contributed by atoms with E-state index in [1.807, 2.05) is 0 Å². The van der Waals surface area contributed by atoms with Gasteiger partial charge in [-0.15, -0.1) is 6.58 Å². The normalized spacial score (nSPS) is 11.5. The summed E-state index contributed by atoms with van der Waals surface area (Å²) in [6, 6.07) is -0.251. The molecule has 0 aliphatic heterocycles. The molecule has 1 atom stereocenters. The Bertz CT molecular complexity index is 969. The highest BCUT2D eigenvalue weighted by molar-refractivity contribution is 5.78. The smallest absolute Gasteiger partial charge is 0.303 e. The van der Waals surface area contributed by atoms with Gasteiger partial charge in [0.25, 0.3) is 0 Å². The fourth-order valence-electron chi connectivity index (χ4n) is 5.39. The Kier molecular flexibility index (Phi) is 37.4. The molecule has 0 spiro atoms. The van der Waals surface area contributed by atoms with Crippen LogP contribution in [0.4, 0.5) is 0 Å². The quantitative estimate of drug-likeness (QED) is 0.0419. The molecule has 0 radical (unpaired) electrons. The van der Waals surface area contributed by atoms with Crippen LogP contribution in [0.2, 0.25) is 0 Å².